The van der Waals surface area contributed by atoms with Crippen LogP contribution in [0.1, 0.15) is 0 Å². The first-order valence-electron chi connectivity index (χ1n) is 14.5. The Kier molecular flexibility index (Phi) is 5.62. The zero-order valence-electron chi connectivity index (χ0n) is 23.2. The standard InChI is InChI=1S/C40H25NS2/c1-3-11-26(12-4-1)27-19-21-29(22-20-27)41(28-13-5-2-6-14-28)30-23-24-34-36(25-30)43-40-37(34)31-15-7-8-16-32(31)39-38(40)33-17-9-10-18-35(33)42-39/h1-25H. The van der Waals surface area contributed by atoms with Gasteiger partial charge in [0.1, 0.15) is 0 Å². The van der Waals surface area contributed by atoms with Crippen molar-refractivity contribution in [1.29, 1.82) is 0 Å². The Morgan fingerprint density at radius 2 is 0.907 bits per heavy atom. The summed E-state index contributed by atoms with van der Waals surface area (Å²) in [6.45, 7) is 0. The molecule has 2 aromatic heterocycles. The van der Waals surface area contributed by atoms with Gasteiger partial charge >= 0.3 is 0 Å². The minimum atomic E-state index is 1.14. The van der Waals surface area contributed by atoms with Gasteiger partial charge in [-0.15, -0.1) is 22.7 Å². The van der Waals surface area contributed by atoms with E-state index in [1.807, 2.05) is 22.7 Å². The van der Waals surface area contributed by atoms with Crippen LogP contribution < -0.4 is 4.90 Å². The zero-order valence-corrected chi connectivity index (χ0v) is 24.8. The van der Waals surface area contributed by atoms with Crippen LogP contribution in [0, 0.1) is 0 Å². The molecule has 202 valence electrons. The number of thiophene rings is 2. The van der Waals surface area contributed by atoms with E-state index in [1.165, 1.54) is 62.2 Å². The first kappa shape index (κ1) is 24.6. The summed E-state index contributed by atoms with van der Waals surface area (Å²) in [4.78, 5) is 2.37. The number of para-hydroxylation sites is 1. The van der Waals surface area contributed by atoms with Crippen LogP contribution in [0.3, 0.4) is 0 Å². The Morgan fingerprint density at radius 3 is 1.70 bits per heavy atom. The van der Waals surface area contributed by atoms with E-state index >= 15 is 0 Å². The van der Waals surface area contributed by atoms with Gasteiger partial charge in [-0.2, -0.15) is 0 Å². The van der Waals surface area contributed by atoms with Crippen molar-refractivity contribution < 1.29 is 0 Å². The van der Waals surface area contributed by atoms with E-state index in [4.69, 9.17) is 0 Å². The van der Waals surface area contributed by atoms with Gasteiger partial charge in [0.25, 0.3) is 0 Å². The van der Waals surface area contributed by atoms with Crippen LogP contribution in [-0.2, 0) is 0 Å². The third kappa shape index (κ3) is 3.90. The maximum atomic E-state index is 2.38. The Bertz CT molecular complexity index is 2440. The highest BCUT2D eigenvalue weighted by Crippen LogP contribution is 2.50. The Labute approximate surface area is 257 Å². The molecule has 0 amide bonds. The lowest BCUT2D eigenvalue weighted by Crippen LogP contribution is -2.09. The first-order chi connectivity index (χ1) is 21.3. The molecule has 9 rings (SSSR count). The molecule has 0 saturated carbocycles. The average molecular weight is 584 g/mol. The van der Waals surface area contributed by atoms with Crippen LogP contribution in [0.2, 0.25) is 0 Å². The molecule has 0 saturated heterocycles. The van der Waals surface area contributed by atoms with E-state index in [0.29, 0.717) is 0 Å². The predicted octanol–water partition coefficient (Wildman–Crippen LogP) is 12.7. The van der Waals surface area contributed by atoms with Crippen LogP contribution in [0.4, 0.5) is 17.1 Å². The van der Waals surface area contributed by atoms with Crippen LogP contribution in [0.15, 0.2) is 152 Å². The maximum Gasteiger partial charge on any atom is 0.0476 e. The largest absolute Gasteiger partial charge is 0.310 e. The molecule has 0 aliphatic rings. The van der Waals surface area contributed by atoms with E-state index in [1.54, 1.807) is 0 Å². The topological polar surface area (TPSA) is 3.24 Å². The molecule has 1 nitrogen and oxygen atoms in total. The van der Waals surface area contributed by atoms with E-state index in [0.717, 1.165) is 17.1 Å². The highest BCUT2D eigenvalue weighted by molar-refractivity contribution is 7.30. The highest BCUT2D eigenvalue weighted by Gasteiger charge is 2.20. The zero-order chi connectivity index (χ0) is 28.3. The summed E-state index contributed by atoms with van der Waals surface area (Å²) in [5, 5.41) is 8.13. The fourth-order valence-corrected chi connectivity index (χ4v) is 9.11. The molecule has 3 heteroatoms. The molecule has 0 unspecified atom stereocenters. The van der Waals surface area contributed by atoms with Crippen molar-refractivity contribution in [2.75, 3.05) is 4.90 Å². The quantitative estimate of drug-likeness (QED) is 0.199. The van der Waals surface area contributed by atoms with Crippen molar-refractivity contribution >= 4 is 90.9 Å². The summed E-state index contributed by atoms with van der Waals surface area (Å²) in [7, 11) is 0. The summed E-state index contributed by atoms with van der Waals surface area (Å²) in [6, 6.07) is 55.0. The van der Waals surface area contributed by atoms with E-state index < -0.39 is 0 Å². The summed E-state index contributed by atoms with van der Waals surface area (Å²) >= 11 is 3.84. The normalized spacial score (nSPS) is 11.7. The smallest absolute Gasteiger partial charge is 0.0476 e. The minimum Gasteiger partial charge on any atom is -0.310 e. The predicted molar refractivity (Wildman–Crippen MR) is 190 cm³/mol. The number of hydrogen-bond donors (Lipinski definition) is 0. The Hall–Kier alpha value is -4.96. The van der Waals surface area contributed by atoms with Gasteiger partial charge in [-0.25, -0.2) is 0 Å². The molecule has 0 spiro atoms. The van der Waals surface area contributed by atoms with Crippen LogP contribution >= 0.6 is 22.7 Å². The Morgan fingerprint density at radius 1 is 0.349 bits per heavy atom. The fourth-order valence-electron chi connectivity index (χ4n) is 6.49. The lowest BCUT2D eigenvalue weighted by atomic mass is 10.00. The molecule has 7 aromatic carbocycles. The minimum absolute atomic E-state index is 1.14. The van der Waals surface area contributed by atoms with Gasteiger partial charge in [0.15, 0.2) is 0 Å². The summed E-state index contributed by atoms with van der Waals surface area (Å²) in [5.41, 5.74) is 5.89. The van der Waals surface area contributed by atoms with Crippen molar-refractivity contribution in [3.8, 4) is 11.1 Å². The van der Waals surface area contributed by atoms with Gasteiger partial charge in [0.2, 0.25) is 0 Å². The molecule has 0 aliphatic carbocycles. The monoisotopic (exact) mass is 583 g/mol. The second-order valence-electron chi connectivity index (χ2n) is 10.9. The van der Waals surface area contributed by atoms with Crippen molar-refractivity contribution in [2.24, 2.45) is 0 Å². The molecule has 0 atom stereocenters. The molecule has 0 bridgehead atoms. The molecule has 0 N–H and O–H groups in total. The van der Waals surface area contributed by atoms with Gasteiger partial charge < -0.3 is 4.90 Å². The first-order valence-corrected chi connectivity index (χ1v) is 16.2. The number of anilines is 3. The van der Waals surface area contributed by atoms with Gasteiger partial charge in [-0.3, -0.25) is 0 Å². The molecular formula is C40H25NS2. The molecule has 2 heterocycles. The summed E-state index contributed by atoms with van der Waals surface area (Å²) in [5.74, 6) is 0. The van der Waals surface area contributed by atoms with Gasteiger partial charge in [-0.1, -0.05) is 109 Å². The van der Waals surface area contributed by atoms with Crippen LogP contribution in [0.5, 0.6) is 0 Å². The fraction of sp³-hybridized carbons (Fsp3) is 0. The summed E-state index contributed by atoms with van der Waals surface area (Å²) in [6.07, 6.45) is 0. The third-order valence-electron chi connectivity index (χ3n) is 8.44. The number of fused-ring (bicyclic) bond motifs is 10. The second kappa shape index (κ2) is 9.81. The van der Waals surface area contributed by atoms with E-state index in [9.17, 15) is 0 Å². The maximum absolute atomic E-state index is 2.38. The van der Waals surface area contributed by atoms with E-state index in [2.05, 4.69) is 157 Å². The van der Waals surface area contributed by atoms with Crippen LogP contribution in [-0.4, -0.2) is 0 Å². The van der Waals surface area contributed by atoms with Gasteiger partial charge in [0, 0.05) is 62.8 Å². The molecule has 0 fully saturated rings. The van der Waals surface area contributed by atoms with Gasteiger partial charge in [-0.05, 0) is 59.0 Å². The molecular weight excluding hydrogens is 559 g/mol. The number of rotatable bonds is 4. The van der Waals surface area contributed by atoms with Crippen LogP contribution in [0.25, 0.3) is 62.2 Å². The third-order valence-corrected chi connectivity index (χ3v) is 10.8. The lowest BCUT2D eigenvalue weighted by Gasteiger charge is -2.25. The van der Waals surface area contributed by atoms with Crippen molar-refractivity contribution in [3.63, 3.8) is 0 Å². The molecule has 0 aliphatic heterocycles. The van der Waals surface area contributed by atoms with Crippen molar-refractivity contribution in [2.45, 2.75) is 0 Å². The lowest BCUT2D eigenvalue weighted by molar-refractivity contribution is 1.29. The SMILES string of the molecule is c1ccc(-c2ccc(N(c3ccccc3)c3ccc4c(c3)sc3c4c4ccccc4c4sc5ccccc5c43)cc2)cc1. The highest BCUT2D eigenvalue weighted by atomic mass is 32.1. The number of benzene rings is 7. The van der Waals surface area contributed by atoms with E-state index in [-0.39, 0.29) is 0 Å². The van der Waals surface area contributed by atoms with Gasteiger partial charge in [0.05, 0.1) is 0 Å². The number of hydrogen-bond acceptors (Lipinski definition) is 3. The number of nitrogens with zero attached hydrogens (tertiary/aromatic N) is 1. The van der Waals surface area contributed by atoms with Crippen molar-refractivity contribution in [1.82, 2.24) is 0 Å². The average Bonchev–Trinajstić information content (AvgIpc) is 3.65. The Balaban J connectivity index is 1.28. The second-order valence-corrected chi connectivity index (χ2v) is 13.0. The van der Waals surface area contributed by atoms with Crippen molar-refractivity contribution in [3.05, 3.63) is 152 Å². The summed E-state index contributed by atoms with van der Waals surface area (Å²) < 4.78 is 5.43. The molecule has 0 radical (unpaired) electrons. The molecule has 9 aromatic rings. The molecule has 43 heavy (non-hydrogen) atoms.